The zero-order chi connectivity index (χ0) is 24.1. The lowest BCUT2D eigenvalue weighted by molar-refractivity contribution is -0.123. The van der Waals surface area contributed by atoms with Gasteiger partial charge in [-0.25, -0.2) is 4.68 Å². The number of ether oxygens (including phenoxy) is 1. The number of thiocarbonyl (C=S) groups is 1. The average molecular weight is 492 g/mol. The van der Waals surface area contributed by atoms with E-state index in [0.717, 1.165) is 47.5 Å². The van der Waals surface area contributed by atoms with Crippen molar-refractivity contribution < 1.29 is 9.53 Å². The quantitative estimate of drug-likeness (QED) is 0.189. The maximum atomic E-state index is 13.1. The van der Waals surface area contributed by atoms with Crippen LogP contribution in [0, 0.1) is 0 Å². The van der Waals surface area contributed by atoms with Crippen molar-refractivity contribution in [3.63, 3.8) is 0 Å². The zero-order valence-electron chi connectivity index (χ0n) is 19.7. The van der Waals surface area contributed by atoms with E-state index in [9.17, 15) is 4.79 Å². The van der Waals surface area contributed by atoms with Crippen LogP contribution in [0.15, 0.2) is 65.7 Å². The molecule has 4 rings (SSSR count). The Morgan fingerprint density at radius 1 is 1.12 bits per heavy atom. The molecule has 7 heteroatoms. The van der Waals surface area contributed by atoms with Gasteiger partial charge in [0.1, 0.15) is 10.1 Å². The van der Waals surface area contributed by atoms with Gasteiger partial charge in [0.2, 0.25) is 0 Å². The van der Waals surface area contributed by atoms with Crippen molar-refractivity contribution in [2.24, 2.45) is 0 Å². The molecule has 0 aliphatic carbocycles. The highest BCUT2D eigenvalue weighted by atomic mass is 32.2. The van der Waals surface area contributed by atoms with Gasteiger partial charge in [-0.3, -0.25) is 9.69 Å². The molecule has 2 aromatic carbocycles. The molecule has 1 aliphatic heterocycles. The Labute approximate surface area is 210 Å². The topological polar surface area (TPSA) is 47.4 Å². The van der Waals surface area contributed by atoms with E-state index < -0.39 is 0 Å². The maximum Gasteiger partial charge on any atom is 0.266 e. The van der Waals surface area contributed by atoms with E-state index in [1.807, 2.05) is 78.5 Å². The summed E-state index contributed by atoms with van der Waals surface area (Å²) < 4.78 is 8.27. The number of carbonyl (C=O) groups is 1. The summed E-state index contributed by atoms with van der Waals surface area (Å²) in [5.74, 6) is 0.804. The van der Waals surface area contributed by atoms with Crippen molar-refractivity contribution in [3.8, 4) is 22.7 Å². The predicted octanol–water partition coefficient (Wildman–Crippen LogP) is 6.72. The van der Waals surface area contributed by atoms with Crippen molar-refractivity contribution in [3.05, 3.63) is 71.3 Å². The van der Waals surface area contributed by atoms with Gasteiger partial charge < -0.3 is 4.74 Å². The Morgan fingerprint density at radius 3 is 2.53 bits per heavy atom. The highest BCUT2D eigenvalue weighted by molar-refractivity contribution is 8.26. The number of carbonyl (C=O) groups excluding carboxylic acids is 1. The third-order valence-electron chi connectivity index (χ3n) is 5.80. The number of para-hydroxylation sites is 1. The van der Waals surface area contributed by atoms with Gasteiger partial charge in [0.05, 0.1) is 22.9 Å². The van der Waals surface area contributed by atoms with Crippen LogP contribution >= 0.6 is 24.0 Å². The number of amides is 1. The van der Waals surface area contributed by atoms with E-state index in [-0.39, 0.29) is 11.9 Å². The van der Waals surface area contributed by atoms with Gasteiger partial charge in [0, 0.05) is 23.4 Å². The molecule has 0 bridgehead atoms. The van der Waals surface area contributed by atoms with Crippen LogP contribution in [-0.2, 0) is 4.79 Å². The van der Waals surface area contributed by atoms with Crippen LogP contribution in [0.25, 0.3) is 23.0 Å². The van der Waals surface area contributed by atoms with Crippen LogP contribution in [-0.4, -0.2) is 37.6 Å². The number of aromatic nitrogens is 2. The number of hydrogen-bond donors (Lipinski definition) is 0. The molecular weight excluding hydrogens is 462 g/mol. The second kappa shape index (κ2) is 11.0. The summed E-state index contributed by atoms with van der Waals surface area (Å²) in [6.07, 6.45) is 6.86. The van der Waals surface area contributed by atoms with E-state index in [0.29, 0.717) is 15.8 Å². The molecular formula is C27H29N3O2S2. The molecule has 0 unspecified atom stereocenters. The van der Waals surface area contributed by atoms with E-state index in [2.05, 4.69) is 13.8 Å². The standard InChI is InChI=1S/C27H29N3O2S2/c1-4-6-16-32-23-14-12-20(13-15-23)25-21(18-29(28-25)22-10-8-7-9-11-22)17-24-26(31)30(19(3)5-2)27(33)34-24/h7-15,17-19H,4-6,16H2,1-3H3/b24-17-/t19-/m0/s1. The first-order valence-corrected chi connectivity index (χ1v) is 12.9. The molecule has 2 heterocycles. The predicted molar refractivity (Wildman–Crippen MR) is 144 cm³/mol. The molecule has 34 heavy (non-hydrogen) atoms. The van der Waals surface area contributed by atoms with Crippen LogP contribution < -0.4 is 4.74 Å². The van der Waals surface area contributed by atoms with Gasteiger partial charge in [-0.1, -0.05) is 62.4 Å². The first kappa shape index (κ1) is 24.2. The minimum absolute atomic E-state index is 0.0394. The molecule has 1 atom stereocenters. The van der Waals surface area contributed by atoms with Crippen LogP contribution in [0.4, 0.5) is 0 Å². The monoisotopic (exact) mass is 491 g/mol. The molecule has 1 saturated heterocycles. The van der Waals surface area contributed by atoms with Crippen LogP contribution in [0.2, 0.25) is 0 Å². The largest absolute Gasteiger partial charge is 0.494 e. The fourth-order valence-corrected chi connectivity index (χ4v) is 5.11. The van der Waals surface area contributed by atoms with Crippen LogP contribution in [0.3, 0.4) is 0 Å². The normalized spacial score (nSPS) is 15.9. The molecule has 0 radical (unpaired) electrons. The fraction of sp³-hybridized carbons (Fsp3) is 0.296. The Kier molecular flexibility index (Phi) is 7.85. The van der Waals surface area contributed by atoms with Gasteiger partial charge in [0.25, 0.3) is 5.91 Å². The van der Waals surface area contributed by atoms with E-state index in [1.54, 1.807) is 4.90 Å². The second-order valence-corrected chi connectivity index (χ2v) is 9.92. The lowest BCUT2D eigenvalue weighted by atomic mass is 10.1. The summed E-state index contributed by atoms with van der Waals surface area (Å²) in [6.45, 7) is 6.94. The Hall–Kier alpha value is -2.90. The Morgan fingerprint density at radius 2 is 1.85 bits per heavy atom. The van der Waals surface area contributed by atoms with Crippen molar-refractivity contribution >= 4 is 40.3 Å². The number of nitrogens with zero attached hydrogens (tertiary/aromatic N) is 3. The van der Waals surface area contributed by atoms with Gasteiger partial charge in [-0.2, -0.15) is 5.10 Å². The lowest BCUT2D eigenvalue weighted by Crippen LogP contribution is -2.36. The van der Waals surface area contributed by atoms with Crippen molar-refractivity contribution in [1.82, 2.24) is 14.7 Å². The summed E-state index contributed by atoms with van der Waals surface area (Å²) in [4.78, 5) is 15.5. The van der Waals surface area contributed by atoms with Gasteiger partial charge >= 0.3 is 0 Å². The van der Waals surface area contributed by atoms with E-state index >= 15 is 0 Å². The van der Waals surface area contributed by atoms with Crippen molar-refractivity contribution in [2.75, 3.05) is 6.61 Å². The van der Waals surface area contributed by atoms with Crippen molar-refractivity contribution in [1.29, 1.82) is 0 Å². The molecule has 0 saturated carbocycles. The van der Waals surface area contributed by atoms with Gasteiger partial charge in [0.15, 0.2) is 0 Å². The number of rotatable bonds is 9. The second-order valence-electron chi connectivity index (χ2n) is 8.25. The summed E-state index contributed by atoms with van der Waals surface area (Å²) in [6, 6.07) is 18.0. The number of benzene rings is 2. The molecule has 1 aliphatic rings. The maximum absolute atomic E-state index is 13.1. The van der Waals surface area contributed by atoms with Gasteiger partial charge in [-0.15, -0.1) is 0 Å². The lowest BCUT2D eigenvalue weighted by Gasteiger charge is -2.21. The van der Waals surface area contributed by atoms with Crippen molar-refractivity contribution in [2.45, 2.75) is 46.1 Å². The summed E-state index contributed by atoms with van der Waals surface area (Å²) >= 11 is 6.87. The van der Waals surface area contributed by atoms with E-state index in [4.69, 9.17) is 22.1 Å². The summed E-state index contributed by atoms with van der Waals surface area (Å²) in [7, 11) is 0. The summed E-state index contributed by atoms with van der Waals surface area (Å²) in [5, 5.41) is 4.88. The zero-order valence-corrected chi connectivity index (χ0v) is 21.4. The number of hydrogen-bond acceptors (Lipinski definition) is 5. The molecule has 1 aromatic heterocycles. The SMILES string of the molecule is CCCCOc1ccc(-c2nn(-c3ccccc3)cc2/C=C2\SC(=S)N([C@@H](C)CC)C2=O)cc1. The minimum atomic E-state index is -0.0394. The molecule has 176 valence electrons. The molecule has 1 fully saturated rings. The van der Waals surface area contributed by atoms with Crippen LogP contribution in [0.5, 0.6) is 5.75 Å². The smallest absolute Gasteiger partial charge is 0.266 e. The molecule has 3 aromatic rings. The third kappa shape index (κ3) is 5.26. The number of unbranched alkanes of at least 4 members (excludes halogenated alkanes) is 1. The van der Waals surface area contributed by atoms with Crippen LogP contribution in [0.1, 0.15) is 45.6 Å². The van der Waals surface area contributed by atoms with Gasteiger partial charge in [-0.05, 0) is 62.2 Å². The number of thioether (sulfide) groups is 1. The fourth-order valence-electron chi connectivity index (χ4n) is 3.66. The Balaban J connectivity index is 1.71. The molecule has 1 amide bonds. The summed E-state index contributed by atoms with van der Waals surface area (Å²) in [5.41, 5.74) is 3.59. The molecule has 0 spiro atoms. The first-order chi connectivity index (χ1) is 16.5. The minimum Gasteiger partial charge on any atom is -0.494 e. The molecule has 0 N–H and O–H groups in total. The highest BCUT2D eigenvalue weighted by Crippen LogP contribution is 2.36. The molecule has 5 nitrogen and oxygen atoms in total. The Bertz CT molecular complexity index is 1190. The van der Waals surface area contributed by atoms with E-state index in [1.165, 1.54) is 11.8 Å². The third-order valence-corrected chi connectivity index (χ3v) is 7.13. The average Bonchev–Trinajstić information content (AvgIpc) is 3.40. The highest BCUT2D eigenvalue weighted by Gasteiger charge is 2.35. The first-order valence-electron chi connectivity index (χ1n) is 11.7.